The Labute approximate surface area is 90.8 Å². The van der Waals surface area contributed by atoms with Crippen molar-refractivity contribution in [3.8, 4) is 0 Å². The first kappa shape index (κ1) is 11.7. The Morgan fingerprint density at radius 2 is 1.79 bits per heavy atom. The quantitative estimate of drug-likeness (QED) is 0.793. The van der Waals surface area contributed by atoms with Gasteiger partial charge in [-0.3, -0.25) is 0 Å². The normalized spacial score (nSPS) is 15.6. The van der Waals surface area contributed by atoms with Gasteiger partial charge in [0.05, 0.1) is 5.60 Å². The van der Waals surface area contributed by atoms with E-state index in [1.807, 2.05) is 19.9 Å². The lowest BCUT2D eigenvalue weighted by Crippen LogP contribution is -2.37. The third kappa shape index (κ3) is 2.58. The highest BCUT2D eigenvalue weighted by molar-refractivity contribution is 7.10. The van der Waals surface area contributed by atoms with Crippen molar-refractivity contribution in [2.75, 3.05) is 0 Å². The molecule has 0 spiro atoms. The van der Waals surface area contributed by atoms with Crippen LogP contribution in [0.2, 0.25) is 0 Å². The zero-order valence-electron chi connectivity index (χ0n) is 9.66. The molecule has 1 heterocycles. The molecule has 1 N–H and O–H groups in total. The first-order chi connectivity index (χ1) is 6.23. The smallest absolute Gasteiger partial charge is 0.0672 e. The topological polar surface area (TPSA) is 20.2 Å². The molecule has 2 heteroatoms. The minimum atomic E-state index is -0.664. The van der Waals surface area contributed by atoms with E-state index in [-0.39, 0.29) is 11.3 Å². The van der Waals surface area contributed by atoms with Crippen LogP contribution in [-0.2, 0) is 0 Å². The Bertz CT molecular complexity index is 260. The van der Waals surface area contributed by atoms with Gasteiger partial charge in [-0.25, -0.2) is 0 Å². The number of hydrogen-bond acceptors (Lipinski definition) is 2. The number of aliphatic hydroxyl groups is 1. The van der Waals surface area contributed by atoms with Gasteiger partial charge >= 0.3 is 0 Å². The molecular weight excluding hydrogens is 192 g/mol. The molecule has 1 unspecified atom stereocenters. The lowest BCUT2D eigenvalue weighted by Gasteiger charge is -2.38. The van der Waals surface area contributed by atoms with Crippen LogP contribution < -0.4 is 0 Å². The first-order valence-electron chi connectivity index (χ1n) is 4.98. The van der Waals surface area contributed by atoms with Crippen LogP contribution >= 0.6 is 11.3 Å². The monoisotopic (exact) mass is 212 g/mol. The van der Waals surface area contributed by atoms with Crippen LogP contribution in [-0.4, -0.2) is 10.7 Å². The molecule has 14 heavy (non-hydrogen) atoms. The van der Waals surface area contributed by atoms with Gasteiger partial charge in [-0.15, -0.1) is 11.3 Å². The van der Waals surface area contributed by atoms with Crippen molar-refractivity contribution < 1.29 is 5.11 Å². The van der Waals surface area contributed by atoms with Gasteiger partial charge in [0.1, 0.15) is 0 Å². The van der Waals surface area contributed by atoms with Crippen LogP contribution in [0, 0.1) is 5.41 Å². The first-order valence-corrected chi connectivity index (χ1v) is 5.86. The zero-order valence-corrected chi connectivity index (χ0v) is 10.5. The van der Waals surface area contributed by atoms with E-state index in [0.717, 1.165) is 0 Å². The second-order valence-corrected chi connectivity index (χ2v) is 6.45. The van der Waals surface area contributed by atoms with Crippen LogP contribution in [0.3, 0.4) is 0 Å². The average Bonchev–Trinajstić information content (AvgIpc) is 2.31. The Hall–Kier alpha value is -0.340. The molecule has 0 bridgehead atoms. The van der Waals surface area contributed by atoms with Crippen molar-refractivity contribution in [2.24, 2.45) is 5.41 Å². The second-order valence-electron chi connectivity index (χ2n) is 5.47. The van der Waals surface area contributed by atoms with Gasteiger partial charge in [-0.2, -0.15) is 0 Å². The Morgan fingerprint density at radius 3 is 2.07 bits per heavy atom. The van der Waals surface area contributed by atoms with E-state index in [1.54, 1.807) is 11.3 Å². The van der Waals surface area contributed by atoms with Gasteiger partial charge in [-0.1, -0.05) is 26.8 Å². The molecule has 0 aliphatic heterocycles. The van der Waals surface area contributed by atoms with Gasteiger partial charge in [0.2, 0.25) is 0 Å². The molecule has 1 aromatic heterocycles. The van der Waals surface area contributed by atoms with E-state index in [2.05, 4.69) is 32.2 Å². The van der Waals surface area contributed by atoms with Crippen molar-refractivity contribution in [3.63, 3.8) is 0 Å². The maximum atomic E-state index is 10.2. The summed E-state index contributed by atoms with van der Waals surface area (Å²) in [5.74, 6) is 0.190. The van der Waals surface area contributed by atoms with Gasteiger partial charge in [-0.05, 0) is 30.7 Å². The fourth-order valence-electron chi connectivity index (χ4n) is 2.29. The van der Waals surface area contributed by atoms with Crippen molar-refractivity contribution >= 4 is 11.3 Å². The van der Waals surface area contributed by atoms with E-state index >= 15 is 0 Å². The third-order valence-electron chi connectivity index (χ3n) is 2.40. The van der Waals surface area contributed by atoms with Crippen LogP contribution in [0.15, 0.2) is 17.5 Å². The summed E-state index contributed by atoms with van der Waals surface area (Å²) >= 11 is 1.72. The fourth-order valence-corrected chi connectivity index (χ4v) is 3.54. The van der Waals surface area contributed by atoms with E-state index in [9.17, 15) is 5.11 Å². The second kappa shape index (κ2) is 3.67. The molecule has 0 fully saturated rings. The van der Waals surface area contributed by atoms with Crippen molar-refractivity contribution in [1.29, 1.82) is 0 Å². The number of rotatable bonds is 2. The molecule has 1 aromatic rings. The summed E-state index contributed by atoms with van der Waals surface area (Å²) in [6.07, 6.45) is 0. The predicted molar refractivity (Wildman–Crippen MR) is 62.8 cm³/mol. The molecule has 0 radical (unpaired) electrons. The standard InChI is InChI=1S/C12H20OS/c1-11(2,3)10(12(4,5)13)9-7-6-8-14-9/h6-8,10,13H,1-5H3. The van der Waals surface area contributed by atoms with Gasteiger partial charge < -0.3 is 5.11 Å². The molecule has 0 amide bonds. The largest absolute Gasteiger partial charge is 0.390 e. The highest BCUT2D eigenvalue weighted by Crippen LogP contribution is 2.44. The molecule has 1 nitrogen and oxygen atoms in total. The fraction of sp³-hybridized carbons (Fsp3) is 0.667. The zero-order chi connectivity index (χ0) is 11.0. The lowest BCUT2D eigenvalue weighted by molar-refractivity contribution is 0.0103. The van der Waals surface area contributed by atoms with Gasteiger partial charge in [0.25, 0.3) is 0 Å². The Kier molecular flexibility index (Phi) is 3.07. The Morgan fingerprint density at radius 1 is 1.21 bits per heavy atom. The third-order valence-corrected chi connectivity index (χ3v) is 3.34. The summed E-state index contributed by atoms with van der Waals surface area (Å²) in [6, 6.07) is 4.16. The Balaban J connectivity index is 3.08. The summed E-state index contributed by atoms with van der Waals surface area (Å²) in [6.45, 7) is 10.3. The molecule has 0 saturated carbocycles. The summed E-state index contributed by atoms with van der Waals surface area (Å²) in [4.78, 5) is 1.27. The number of thiophene rings is 1. The SMILES string of the molecule is CC(C)(C)C(c1cccs1)C(C)(C)O. The van der Waals surface area contributed by atoms with Crippen molar-refractivity contribution in [1.82, 2.24) is 0 Å². The number of hydrogen-bond donors (Lipinski definition) is 1. The van der Waals surface area contributed by atoms with Crippen molar-refractivity contribution in [3.05, 3.63) is 22.4 Å². The van der Waals surface area contributed by atoms with Crippen LogP contribution in [0.4, 0.5) is 0 Å². The molecule has 1 rings (SSSR count). The van der Waals surface area contributed by atoms with E-state index < -0.39 is 5.60 Å². The van der Waals surface area contributed by atoms with Gasteiger partial charge in [0.15, 0.2) is 0 Å². The highest BCUT2D eigenvalue weighted by atomic mass is 32.1. The molecule has 80 valence electrons. The lowest BCUT2D eigenvalue weighted by atomic mass is 9.71. The van der Waals surface area contributed by atoms with E-state index in [0.29, 0.717) is 0 Å². The minimum Gasteiger partial charge on any atom is -0.390 e. The molecule has 1 atom stereocenters. The van der Waals surface area contributed by atoms with Gasteiger partial charge in [0, 0.05) is 10.8 Å². The van der Waals surface area contributed by atoms with Crippen LogP contribution in [0.1, 0.15) is 45.4 Å². The minimum absolute atomic E-state index is 0.0864. The summed E-state index contributed by atoms with van der Waals surface area (Å²) in [7, 11) is 0. The van der Waals surface area contributed by atoms with Crippen molar-refractivity contribution in [2.45, 2.75) is 46.1 Å². The average molecular weight is 212 g/mol. The van der Waals surface area contributed by atoms with Crippen LogP contribution in [0.5, 0.6) is 0 Å². The van der Waals surface area contributed by atoms with Crippen LogP contribution in [0.25, 0.3) is 0 Å². The predicted octanol–water partition coefficient (Wildman–Crippen LogP) is 3.65. The van der Waals surface area contributed by atoms with E-state index in [4.69, 9.17) is 0 Å². The maximum absolute atomic E-state index is 10.2. The molecule has 0 aliphatic rings. The highest BCUT2D eigenvalue weighted by Gasteiger charge is 2.38. The molecule has 0 aromatic carbocycles. The summed E-state index contributed by atoms with van der Waals surface area (Å²) in [5, 5.41) is 12.3. The molecule has 0 aliphatic carbocycles. The molecule has 0 saturated heterocycles. The van der Waals surface area contributed by atoms with E-state index in [1.165, 1.54) is 4.88 Å². The molecular formula is C12H20OS. The maximum Gasteiger partial charge on any atom is 0.0672 e. The summed E-state index contributed by atoms with van der Waals surface area (Å²) in [5.41, 5.74) is -0.577. The summed E-state index contributed by atoms with van der Waals surface area (Å²) < 4.78 is 0.